The third kappa shape index (κ3) is 5.53. The van der Waals surface area contributed by atoms with Crippen LogP contribution in [0.2, 0.25) is 0 Å². The van der Waals surface area contributed by atoms with E-state index in [0.29, 0.717) is 11.5 Å². The van der Waals surface area contributed by atoms with Crippen LogP contribution in [0, 0.1) is 0 Å². The molecule has 6 rings (SSSR count). The molecule has 2 aliphatic rings. The van der Waals surface area contributed by atoms with Crippen molar-refractivity contribution in [1.29, 1.82) is 0 Å². The van der Waals surface area contributed by atoms with Crippen molar-refractivity contribution in [3.63, 3.8) is 0 Å². The number of rotatable bonds is 8. The largest absolute Gasteiger partial charge is 0.497 e. The number of nitrogen functional groups attached to an aromatic ring is 1. The van der Waals surface area contributed by atoms with Crippen molar-refractivity contribution in [2.45, 2.75) is 44.6 Å². The van der Waals surface area contributed by atoms with E-state index in [1.165, 1.54) is 15.8 Å². The molecule has 0 radical (unpaired) electrons. The monoisotopic (exact) mass is 538 g/mol. The molecule has 206 valence electrons. The molecule has 1 aliphatic heterocycles. The third-order valence-electron chi connectivity index (χ3n) is 7.89. The SMILES string of the molecule is COc1ccc2c(c1)CCc1cnc(-n3cc(C(=O)NC4CCN(CCCc5ccncc5)CC4)c(N)n3)nc1-2. The van der Waals surface area contributed by atoms with Crippen LogP contribution in [0.3, 0.4) is 0 Å². The molecule has 1 fully saturated rings. The number of amides is 1. The van der Waals surface area contributed by atoms with Crippen LogP contribution in [0.4, 0.5) is 5.82 Å². The van der Waals surface area contributed by atoms with Gasteiger partial charge in [-0.3, -0.25) is 9.78 Å². The van der Waals surface area contributed by atoms with Crippen molar-refractivity contribution >= 4 is 11.7 Å². The highest BCUT2D eigenvalue weighted by atomic mass is 16.5. The first-order chi connectivity index (χ1) is 19.6. The summed E-state index contributed by atoms with van der Waals surface area (Å²) in [7, 11) is 1.67. The summed E-state index contributed by atoms with van der Waals surface area (Å²) >= 11 is 0. The number of aryl methyl sites for hydroxylation is 3. The first-order valence-corrected chi connectivity index (χ1v) is 13.9. The summed E-state index contributed by atoms with van der Waals surface area (Å²) in [5.41, 5.74) is 12.1. The molecule has 0 atom stereocenters. The molecule has 0 bridgehead atoms. The zero-order valence-corrected chi connectivity index (χ0v) is 22.7. The van der Waals surface area contributed by atoms with E-state index >= 15 is 0 Å². The standard InChI is InChI=1S/C30H34N8O2/c1-40-24-6-7-25-21(17-24)4-5-22-18-33-30(35-27(22)25)38-19-26(28(31)36-38)29(39)34-23-10-15-37(16-11-23)14-2-3-20-8-12-32-13-9-20/h6-9,12-13,17-19,23H,2-5,10-11,14-16H2,1H3,(H2,31,36)(H,34,39). The van der Waals surface area contributed by atoms with Gasteiger partial charge in [0, 0.05) is 49.5 Å². The van der Waals surface area contributed by atoms with Gasteiger partial charge in [0.25, 0.3) is 11.9 Å². The topological polar surface area (TPSA) is 124 Å². The van der Waals surface area contributed by atoms with Gasteiger partial charge in [0.2, 0.25) is 0 Å². The lowest BCUT2D eigenvalue weighted by Gasteiger charge is -2.32. The molecule has 0 spiro atoms. The van der Waals surface area contributed by atoms with E-state index < -0.39 is 0 Å². The second-order valence-electron chi connectivity index (χ2n) is 10.5. The minimum atomic E-state index is -0.213. The van der Waals surface area contributed by atoms with Gasteiger partial charge in [0.05, 0.1) is 12.8 Å². The maximum Gasteiger partial charge on any atom is 0.256 e. The van der Waals surface area contributed by atoms with Crippen molar-refractivity contribution in [3.8, 4) is 23.0 Å². The molecule has 0 unspecified atom stereocenters. The number of nitrogens with two attached hydrogens (primary N) is 1. The lowest BCUT2D eigenvalue weighted by molar-refractivity contribution is 0.0911. The highest BCUT2D eigenvalue weighted by Gasteiger charge is 2.24. The molecule has 10 nitrogen and oxygen atoms in total. The second-order valence-corrected chi connectivity index (χ2v) is 10.5. The number of likely N-dealkylation sites (tertiary alicyclic amines) is 1. The predicted molar refractivity (Wildman–Crippen MR) is 152 cm³/mol. The van der Waals surface area contributed by atoms with Gasteiger partial charge in [0.1, 0.15) is 11.3 Å². The van der Waals surface area contributed by atoms with Gasteiger partial charge in [-0.05, 0) is 92.1 Å². The summed E-state index contributed by atoms with van der Waals surface area (Å²) in [5, 5.41) is 7.53. The molecule has 0 saturated carbocycles. The Labute approximate surface area is 233 Å². The van der Waals surface area contributed by atoms with Crippen LogP contribution in [0.25, 0.3) is 17.2 Å². The van der Waals surface area contributed by atoms with Crippen LogP contribution < -0.4 is 15.8 Å². The normalized spacial score (nSPS) is 15.3. The number of nitrogens with one attached hydrogen (secondary N) is 1. The number of benzene rings is 1. The number of nitrogens with zero attached hydrogens (tertiary/aromatic N) is 6. The summed E-state index contributed by atoms with van der Waals surface area (Å²) in [6.07, 6.45) is 12.9. The van der Waals surface area contributed by atoms with Crippen LogP contribution in [-0.2, 0) is 19.3 Å². The number of hydrogen-bond acceptors (Lipinski definition) is 8. The van der Waals surface area contributed by atoms with Crippen molar-refractivity contribution in [2.24, 2.45) is 0 Å². The lowest BCUT2D eigenvalue weighted by Crippen LogP contribution is -2.45. The Morgan fingerprint density at radius 1 is 1.12 bits per heavy atom. The van der Waals surface area contributed by atoms with Crippen LogP contribution >= 0.6 is 0 Å². The van der Waals surface area contributed by atoms with E-state index in [2.05, 4.69) is 43.5 Å². The number of aromatic nitrogens is 5. The number of piperidine rings is 1. The van der Waals surface area contributed by atoms with Gasteiger partial charge in [-0.1, -0.05) is 0 Å². The number of carbonyl (C=O) groups is 1. The molecular formula is C30H34N8O2. The van der Waals surface area contributed by atoms with Crippen LogP contribution in [-0.4, -0.2) is 68.3 Å². The molecule has 1 amide bonds. The van der Waals surface area contributed by atoms with Gasteiger partial charge in [-0.15, -0.1) is 5.10 Å². The minimum absolute atomic E-state index is 0.111. The second kappa shape index (κ2) is 11.4. The molecule has 1 aliphatic carbocycles. The molecule has 1 saturated heterocycles. The van der Waals surface area contributed by atoms with Gasteiger partial charge < -0.3 is 20.7 Å². The Morgan fingerprint density at radius 3 is 2.73 bits per heavy atom. The Balaban J connectivity index is 1.07. The molecular weight excluding hydrogens is 504 g/mol. The first kappa shape index (κ1) is 25.9. The zero-order valence-electron chi connectivity index (χ0n) is 22.7. The van der Waals surface area contributed by atoms with E-state index in [9.17, 15) is 4.79 Å². The fourth-order valence-corrected chi connectivity index (χ4v) is 5.61. The number of carbonyl (C=O) groups excluding carboxylic acids is 1. The van der Waals surface area contributed by atoms with Gasteiger partial charge in [-0.2, -0.15) is 0 Å². The molecule has 10 heteroatoms. The van der Waals surface area contributed by atoms with E-state index in [4.69, 9.17) is 15.5 Å². The van der Waals surface area contributed by atoms with E-state index in [1.807, 2.05) is 30.7 Å². The Hall–Kier alpha value is -4.31. The molecule has 3 N–H and O–H groups in total. The first-order valence-electron chi connectivity index (χ1n) is 13.9. The summed E-state index contributed by atoms with van der Waals surface area (Å²) in [5.74, 6) is 1.17. The summed E-state index contributed by atoms with van der Waals surface area (Å²) < 4.78 is 6.88. The summed E-state index contributed by atoms with van der Waals surface area (Å²) in [6.45, 7) is 2.99. The van der Waals surface area contributed by atoms with E-state index in [-0.39, 0.29) is 17.8 Å². The number of pyridine rings is 1. The number of fused-ring (bicyclic) bond motifs is 3. The van der Waals surface area contributed by atoms with Gasteiger partial charge in [0.15, 0.2) is 5.82 Å². The lowest BCUT2D eigenvalue weighted by atomic mass is 9.90. The fourth-order valence-electron chi connectivity index (χ4n) is 5.61. The summed E-state index contributed by atoms with van der Waals surface area (Å²) in [4.78, 5) is 29.0. The number of anilines is 1. The van der Waals surface area contributed by atoms with Gasteiger partial charge in [-0.25, -0.2) is 14.6 Å². The van der Waals surface area contributed by atoms with Crippen molar-refractivity contribution in [2.75, 3.05) is 32.5 Å². The zero-order chi connectivity index (χ0) is 27.5. The molecule has 3 aromatic heterocycles. The maximum atomic E-state index is 13.1. The Kier molecular flexibility index (Phi) is 7.41. The fraction of sp³-hybridized carbons (Fsp3) is 0.367. The summed E-state index contributed by atoms with van der Waals surface area (Å²) in [6, 6.07) is 10.3. The molecule has 4 aromatic rings. The smallest absolute Gasteiger partial charge is 0.256 e. The third-order valence-corrected chi connectivity index (χ3v) is 7.89. The quantitative estimate of drug-likeness (QED) is 0.350. The highest BCUT2D eigenvalue weighted by Crippen LogP contribution is 2.34. The average molecular weight is 539 g/mol. The maximum absolute atomic E-state index is 13.1. The van der Waals surface area contributed by atoms with Gasteiger partial charge >= 0.3 is 0 Å². The number of ether oxygens (including phenoxy) is 1. The number of methoxy groups -OCH3 is 1. The predicted octanol–water partition coefficient (Wildman–Crippen LogP) is 3.24. The van der Waals surface area contributed by atoms with E-state index in [0.717, 1.165) is 80.7 Å². The van der Waals surface area contributed by atoms with Crippen molar-refractivity contribution < 1.29 is 9.53 Å². The highest BCUT2D eigenvalue weighted by molar-refractivity contribution is 5.98. The Morgan fingerprint density at radius 2 is 1.93 bits per heavy atom. The van der Waals surface area contributed by atoms with Crippen LogP contribution in [0.5, 0.6) is 5.75 Å². The van der Waals surface area contributed by atoms with E-state index in [1.54, 1.807) is 13.3 Å². The van der Waals surface area contributed by atoms with Crippen LogP contribution in [0.1, 0.15) is 46.3 Å². The average Bonchev–Trinajstić information content (AvgIpc) is 3.39. The van der Waals surface area contributed by atoms with Crippen LogP contribution in [0.15, 0.2) is 55.1 Å². The number of hydrogen-bond donors (Lipinski definition) is 2. The minimum Gasteiger partial charge on any atom is -0.497 e. The molecule has 4 heterocycles. The Bertz CT molecular complexity index is 1500. The molecule has 1 aromatic carbocycles. The van der Waals surface area contributed by atoms with Crippen molar-refractivity contribution in [3.05, 3.63) is 77.4 Å². The molecule has 40 heavy (non-hydrogen) atoms. The van der Waals surface area contributed by atoms with Crippen molar-refractivity contribution in [1.82, 2.24) is 34.9 Å².